The molecule has 19 heavy (non-hydrogen) atoms. The van der Waals surface area contributed by atoms with E-state index in [1.54, 1.807) is 12.1 Å². The Labute approximate surface area is 113 Å². The Kier molecular flexibility index (Phi) is 4.55. The minimum absolute atomic E-state index is 0.148. The molecular weight excluding hydrogens is 242 g/mol. The molecule has 1 saturated carbocycles. The number of hydrogen-bond acceptors (Lipinski definition) is 3. The van der Waals surface area contributed by atoms with E-state index in [4.69, 9.17) is 0 Å². The smallest absolute Gasteiger partial charge is 0.337 e. The molecule has 1 aromatic rings. The van der Waals surface area contributed by atoms with E-state index in [1.165, 1.54) is 7.11 Å². The predicted octanol–water partition coefficient (Wildman–Crippen LogP) is 2.28. The number of hydrogen-bond donors (Lipinski definition) is 1. The Balaban J connectivity index is 1.85. The van der Waals surface area contributed by atoms with Crippen LogP contribution in [0.1, 0.15) is 41.6 Å². The number of carbonyl (C=O) groups is 2. The molecule has 0 unspecified atom stereocenters. The van der Waals surface area contributed by atoms with Gasteiger partial charge in [0.05, 0.1) is 12.7 Å². The topological polar surface area (TPSA) is 55.4 Å². The maximum atomic E-state index is 11.9. The Hall–Kier alpha value is -1.84. The number of ether oxygens (including phenoxy) is 1. The van der Waals surface area contributed by atoms with Crippen molar-refractivity contribution in [1.29, 1.82) is 0 Å². The molecule has 1 aliphatic rings. The fourth-order valence-corrected chi connectivity index (χ4v) is 2.40. The van der Waals surface area contributed by atoms with Crippen molar-refractivity contribution in [3.05, 3.63) is 35.4 Å². The minimum Gasteiger partial charge on any atom is -0.465 e. The summed E-state index contributed by atoms with van der Waals surface area (Å²) in [5.74, 6) is -0.00886. The summed E-state index contributed by atoms with van der Waals surface area (Å²) in [5.41, 5.74) is 1.51. The Morgan fingerprint density at radius 3 is 2.42 bits per heavy atom. The van der Waals surface area contributed by atoms with Crippen LogP contribution < -0.4 is 5.32 Å². The number of rotatable bonds is 4. The van der Waals surface area contributed by atoms with Crippen molar-refractivity contribution in [3.8, 4) is 0 Å². The van der Waals surface area contributed by atoms with Gasteiger partial charge in [-0.1, -0.05) is 25.0 Å². The van der Waals surface area contributed by atoms with Crippen molar-refractivity contribution < 1.29 is 14.3 Å². The zero-order valence-electron chi connectivity index (χ0n) is 11.1. The molecule has 0 spiro atoms. The molecule has 0 radical (unpaired) electrons. The van der Waals surface area contributed by atoms with Gasteiger partial charge in [-0.2, -0.15) is 0 Å². The number of nitrogens with one attached hydrogen (secondary N) is 1. The highest BCUT2D eigenvalue weighted by Gasteiger charge is 2.22. The predicted molar refractivity (Wildman–Crippen MR) is 71.6 cm³/mol. The first-order valence-electron chi connectivity index (χ1n) is 6.65. The Bertz CT molecular complexity index is 447. The van der Waals surface area contributed by atoms with Crippen LogP contribution in [0, 0.1) is 5.92 Å². The minimum atomic E-state index is -0.346. The maximum Gasteiger partial charge on any atom is 0.337 e. The molecule has 0 aliphatic heterocycles. The van der Waals surface area contributed by atoms with Gasteiger partial charge in [0.1, 0.15) is 0 Å². The van der Waals surface area contributed by atoms with E-state index in [1.807, 2.05) is 12.1 Å². The molecule has 102 valence electrons. The van der Waals surface area contributed by atoms with Crippen LogP contribution in [0.2, 0.25) is 0 Å². The van der Waals surface area contributed by atoms with Gasteiger partial charge >= 0.3 is 5.97 Å². The summed E-state index contributed by atoms with van der Waals surface area (Å²) < 4.78 is 4.63. The summed E-state index contributed by atoms with van der Waals surface area (Å²) in [6.07, 6.45) is 4.33. The van der Waals surface area contributed by atoms with E-state index in [0.29, 0.717) is 12.1 Å². The first-order chi connectivity index (χ1) is 9.20. The third kappa shape index (κ3) is 3.56. The molecule has 0 saturated heterocycles. The van der Waals surface area contributed by atoms with Crippen LogP contribution in [0.15, 0.2) is 24.3 Å². The second-order valence-corrected chi connectivity index (χ2v) is 4.89. The van der Waals surface area contributed by atoms with Gasteiger partial charge in [0.2, 0.25) is 5.91 Å². The van der Waals surface area contributed by atoms with Gasteiger partial charge in [0, 0.05) is 12.5 Å². The second kappa shape index (κ2) is 6.36. The highest BCUT2D eigenvalue weighted by Crippen LogP contribution is 2.24. The van der Waals surface area contributed by atoms with Crippen molar-refractivity contribution >= 4 is 11.9 Å². The monoisotopic (exact) mass is 261 g/mol. The molecule has 0 atom stereocenters. The molecule has 0 aromatic heterocycles. The lowest BCUT2D eigenvalue weighted by atomic mass is 10.1. The molecule has 0 heterocycles. The van der Waals surface area contributed by atoms with Gasteiger partial charge in [-0.15, -0.1) is 0 Å². The fourth-order valence-electron chi connectivity index (χ4n) is 2.40. The average Bonchev–Trinajstić information content (AvgIpc) is 2.98. The molecule has 4 nitrogen and oxygen atoms in total. The molecule has 4 heteroatoms. The average molecular weight is 261 g/mol. The highest BCUT2D eigenvalue weighted by atomic mass is 16.5. The highest BCUT2D eigenvalue weighted by molar-refractivity contribution is 5.89. The molecule has 2 rings (SSSR count). The van der Waals surface area contributed by atoms with Crippen LogP contribution in [-0.4, -0.2) is 19.0 Å². The van der Waals surface area contributed by atoms with E-state index in [-0.39, 0.29) is 17.8 Å². The zero-order valence-corrected chi connectivity index (χ0v) is 11.1. The third-order valence-corrected chi connectivity index (χ3v) is 3.57. The van der Waals surface area contributed by atoms with Crippen molar-refractivity contribution in [2.24, 2.45) is 5.92 Å². The summed E-state index contributed by atoms with van der Waals surface area (Å²) in [6.45, 7) is 0.511. The van der Waals surface area contributed by atoms with Gasteiger partial charge in [-0.3, -0.25) is 4.79 Å². The second-order valence-electron chi connectivity index (χ2n) is 4.89. The lowest BCUT2D eigenvalue weighted by Gasteiger charge is -2.10. The quantitative estimate of drug-likeness (QED) is 0.846. The van der Waals surface area contributed by atoms with Gasteiger partial charge in [-0.25, -0.2) is 4.79 Å². The van der Waals surface area contributed by atoms with Crippen molar-refractivity contribution in [1.82, 2.24) is 5.32 Å². The largest absolute Gasteiger partial charge is 0.465 e. The maximum absolute atomic E-state index is 11.9. The standard InChI is InChI=1S/C15H19NO3/c1-19-15(18)13-8-6-11(7-9-13)10-16-14(17)12-4-2-3-5-12/h6-9,12H,2-5,10H2,1H3,(H,16,17). The summed E-state index contributed by atoms with van der Waals surface area (Å²) in [6, 6.07) is 7.09. The van der Waals surface area contributed by atoms with Crippen LogP contribution in [0.4, 0.5) is 0 Å². The van der Waals surface area contributed by atoms with Crippen molar-refractivity contribution in [2.75, 3.05) is 7.11 Å². The van der Waals surface area contributed by atoms with E-state index < -0.39 is 0 Å². The first-order valence-corrected chi connectivity index (χ1v) is 6.65. The SMILES string of the molecule is COC(=O)c1ccc(CNC(=O)C2CCCC2)cc1. The summed E-state index contributed by atoms with van der Waals surface area (Å²) >= 11 is 0. The van der Waals surface area contributed by atoms with E-state index >= 15 is 0 Å². The number of carbonyl (C=O) groups excluding carboxylic acids is 2. The van der Waals surface area contributed by atoms with Gasteiger partial charge in [0.15, 0.2) is 0 Å². The van der Waals surface area contributed by atoms with Crippen LogP contribution in [0.25, 0.3) is 0 Å². The molecule has 1 aromatic carbocycles. The van der Waals surface area contributed by atoms with Gasteiger partial charge in [0.25, 0.3) is 0 Å². The molecule has 1 aliphatic carbocycles. The van der Waals surface area contributed by atoms with Crippen molar-refractivity contribution in [3.63, 3.8) is 0 Å². The van der Waals surface area contributed by atoms with Crippen LogP contribution in [0.5, 0.6) is 0 Å². The molecule has 1 fully saturated rings. The third-order valence-electron chi connectivity index (χ3n) is 3.57. The van der Waals surface area contributed by atoms with E-state index in [9.17, 15) is 9.59 Å². The molecule has 1 N–H and O–H groups in total. The Morgan fingerprint density at radius 1 is 1.21 bits per heavy atom. The number of benzene rings is 1. The van der Waals surface area contributed by atoms with Gasteiger partial charge < -0.3 is 10.1 Å². The number of methoxy groups -OCH3 is 1. The zero-order chi connectivity index (χ0) is 13.7. The number of esters is 1. The van der Waals surface area contributed by atoms with Crippen LogP contribution in [0.3, 0.4) is 0 Å². The lowest BCUT2D eigenvalue weighted by molar-refractivity contribution is -0.124. The van der Waals surface area contributed by atoms with Crippen LogP contribution in [-0.2, 0) is 16.1 Å². The van der Waals surface area contributed by atoms with Gasteiger partial charge in [-0.05, 0) is 30.5 Å². The molecule has 1 amide bonds. The normalized spacial score (nSPS) is 15.2. The van der Waals surface area contributed by atoms with E-state index in [0.717, 1.165) is 31.2 Å². The Morgan fingerprint density at radius 2 is 1.84 bits per heavy atom. The molecular formula is C15H19NO3. The van der Waals surface area contributed by atoms with Crippen molar-refractivity contribution in [2.45, 2.75) is 32.2 Å². The van der Waals surface area contributed by atoms with E-state index in [2.05, 4.69) is 10.1 Å². The summed E-state index contributed by atoms with van der Waals surface area (Å²) in [7, 11) is 1.36. The van der Waals surface area contributed by atoms with Crippen LogP contribution >= 0.6 is 0 Å². The fraction of sp³-hybridized carbons (Fsp3) is 0.467. The number of amides is 1. The summed E-state index contributed by atoms with van der Waals surface area (Å²) in [4.78, 5) is 23.1. The lowest BCUT2D eigenvalue weighted by Crippen LogP contribution is -2.28. The first kappa shape index (κ1) is 13.6. The summed E-state index contributed by atoms with van der Waals surface area (Å²) in [5, 5.41) is 2.95. The molecule has 0 bridgehead atoms.